The number of aliphatic carboxylic acids is 2. The molecule has 0 heterocycles. The molecule has 0 aliphatic heterocycles. The molecule has 0 aromatic heterocycles. The third-order valence-electron chi connectivity index (χ3n) is 6.09. The van der Waals surface area contributed by atoms with E-state index < -0.39 is 18.0 Å². The van der Waals surface area contributed by atoms with Gasteiger partial charge >= 0.3 is 11.9 Å². The Kier molecular flexibility index (Phi) is 27.5. The minimum Gasteiger partial charge on any atom is -0.481 e. The Hall–Kier alpha value is -2.32. The van der Waals surface area contributed by atoms with Crippen LogP contribution >= 0.6 is 0 Å². The van der Waals surface area contributed by atoms with Gasteiger partial charge in [0.05, 0.1) is 52.9 Å². The van der Waals surface area contributed by atoms with E-state index in [-0.39, 0.29) is 24.7 Å². The van der Waals surface area contributed by atoms with Gasteiger partial charge in [0.15, 0.2) is 0 Å². The molecule has 0 unspecified atom stereocenters. The summed E-state index contributed by atoms with van der Waals surface area (Å²) in [6.07, 6.45) is 8.43. The minimum absolute atomic E-state index is 0.0186. The highest BCUT2D eigenvalue weighted by molar-refractivity contribution is 5.76. The molecule has 0 radical (unpaired) electrons. The number of amides is 2. The molecule has 0 aromatic carbocycles. The first-order chi connectivity index (χ1) is 19.9. The standard InChI is InChI=1S/C28H53N3O10/c1-29-24(28(36)37)10-8-9-14-30-26(33)13-16-38-18-20-40-22-23-41-21-19-39-17-15-31-25(32)11-6-4-2-3-5-7-12-27(34)35/h24,29H,2-23H2,1H3,(H,30,33)(H,31,32)(H,34,35)(H,36,37)/t24-/m0/s1. The summed E-state index contributed by atoms with van der Waals surface area (Å²) in [5.74, 6) is -1.69. The van der Waals surface area contributed by atoms with Crippen LogP contribution in [0.2, 0.25) is 0 Å². The molecule has 0 rings (SSSR count). The zero-order valence-corrected chi connectivity index (χ0v) is 24.8. The highest BCUT2D eigenvalue weighted by Gasteiger charge is 2.13. The van der Waals surface area contributed by atoms with E-state index >= 15 is 0 Å². The van der Waals surface area contributed by atoms with E-state index in [0.29, 0.717) is 85.2 Å². The van der Waals surface area contributed by atoms with Crippen LogP contribution in [0.1, 0.15) is 77.0 Å². The van der Waals surface area contributed by atoms with Gasteiger partial charge in [0.25, 0.3) is 0 Å². The van der Waals surface area contributed by atoms with Gasteiger partial charge < -0.3 is 45.1 Å². The van der Waals surface area contributed by atoms with Gasteiger partial charge in [-0.3, -0.25) is 19.2 Å². The van der Waals surface area contributed by atoms with E-state index in [1.165, 1.54) is 0 Å². The molecule has 1 atom stereocenters. The van der Waals surface area contributed by atoms with Crippen LogP contribution in [0, 0.1) is 0 Å². The number of ether oxygens (including phenoxy) is 4. The molecule has 0 spiro atoms. The average molecular weight is 592 g/mol. The number of likely N-dealkylation sites (N-methyl/N-ethyl adjacent to an activating group) is 1. The molecule has 0 bridgehead atoms. The monoisotopic (exact) mass is 591 g/mol. The first-order valence-corrected chi connectivity index (χ1v) is 14.8. The molecule has 13 heteroatoms. The maximum atomic E-state index is 11.8. The summed E-state index contributed by atoms with van der Waals surface area (Å²) in [4.78, 5) is 44.9. The normalized spacial score (nSPS) is 11.7. The topological polar surface area (TPSA) is 182 Å². The molecule has 0 saturated carbocycles. The van der Waals surface area contributed by atoms with Gasteiger partial charge in [-0.25, -0.2) is 0 Å². The van der Waals surface area contributed by atoms with Crippen molar-refractivity contribution in [1.29, 1.82) is 0 Å². The maximum absolute atomic E-state index is 11.8. The van der Waals surface area contributed by atoms with Crippen molar-refractivity contribution in [2.45, 2.75) is 83.1 Å². The molecule has 0 saturated heterocycles. The number of carboxylic acids is 2. The number of hydrogen-bond donors (Lipinski definition) is 5. The second-order valence-corrected chi connectivity index (χ2v) is 9.59. The lowest BCUT2D eigenvalue weighted by molar-refractivity contribution is -0.139. The fourth-order valence-electron chi connectivity index (χ4n) is 3.73. The molecule has 13 nitrogen and oxygen atoms in total. The van der Waals surface area contributed by atoms with Crippen molar-refractivity contribution in [2.75, 3.05) is 73.0 Å². The van der Waals surface area contributed by atoms with Crippen molar-refractivity contribution in [2.24, 2.45) is 0 Å². The SMILES string of the molecule is CN[C@@H](CCCCNC(=O)CCOCCOCCOCCOCCNC(=O)CCCCCCCCC(=O)O)C(=O)O. The van der Waals surface area contributed by atoms with Crippen LogP contribution in [-0.4, -0.2) is 113 Å². The Morgan fingerprint density at radius 3 is 1.61 bits per heavy atom. The maximum Gasteiger partial charge on any atom is 0.320 e. The number of rotatable bonds is 31. The van der Waals surface area contributed by atoms with Gasteiger partial charge in [0, 0.05) is 32.4 Å². The summed E-state index contributed by atoms with van der Waals surface area (Å²) < 4.78 is 21.7. The molecule has 2 amide bonds. The van der Waals surface area contributed by atoms with Crippen LogP contribution < -0.4 is 16.0 Å². The van der Waals surface area contributed by atoms with Crippen molar-refractivity contribution < 1.29 is 48.3 Å². The minimum atomic E-state index is -0.866. The van der Waals surface area contributed by atoms with Gasteiger partial charge in [0.2, 0.25) is 11.8 Å². The number of carbonyl (C=O) groups excluding carboxylic acids is 2. The largest absolute Gasteiger partial charge is 0.481 e. The van der Waals surface area contributed by atoms with E-state index in [4.69, 9.17) is 29.2 Å². The van der Waals surface area contributed by atoms with E-state index in [0.717, 1.165) is 44.9 Å². The Morgan fingerprint density at radius 1 is 0.561 bits per heavy atom. The third kappa shape index (κ3) is 29.0. The summed E-state index contributed by atoms with van der Waals surface area (Å²) in [5.41, 5.74) is 0. The van der Waals surface area contributed by atoms with Gasteiger partial charge in [-0.1, -0.05) is 25.7 Å². The van der Waals surface area contributed by atoms with Crippen molar-refractivity contribution in [1.82, 2.24) is 16.0 Å². The number of unbranched alkanes of at least 4 members (excludes halogenated alkanes) is 6. The first-order valence-electron chi connectivity index (χ1n) is 14.8. The summed E-state index contributed by atoms with van der Waals surface area (Å²) in [6.45, 7) is 4.23. The van der Waals surface area contributed by atoms with Gasteiger partial charge in [-0.05, 0) is 39.2 Å². The molecule has 0 aromatic rings. The molecule has 240 valence electrons. The molecule has 0 aliphatic rings. The molecule has 5 N–H and O–H groups in total. The number of carbonyl (C=O) groups is 4. The van der Waals surface area contributed by atoms with Crippen LogP contribution in [0.3, 0.4) is 0 Å². The Balaban J connectivity index is 3.29. The zero-order chi connectivity index (χ0) is 30.4. The quantitative estimate of drug-likeness (QED) is 0.0740. The zero-order valence-electron chi connectivity index (χ0n) is 24.8. The van der Waals surface area contributed by atoms with E-state index in [9.17, 15) is 19.2 Å². The summed E-state index contributed by atoms with van der Waals surface area (Å²) in [5, 5.41) is 25.9. The molecule has 0 aliphatic carbocycles. The highest BCUT2D eigenvalue weighted by Crippen LogP contribution is 2.08. The lowest BCUT2D eigenvalue weighted by atomic mass is 10.1. The Labute approximate surface area is 244 Å². The molecule has 41 heavy (non-hydrogen) atoms. The number of carboxylic acid groups (broad SMARTS) is 2. The fraction of sp³-hybridized carbons (Fsp3) is 0.857. The third-order valence-corrected chi connectivity index (χ3v) is 6.09. The van der Waals surface area contributed by atoms with E-state index in [2.05, 4.69) is 16.0 Å². The highest BCUT2D eigenvalue weighted by atomic mass is 16.6. The summed E-state index contributed by atoms with van der Waals surface area (Å²) >= 11 is 0. The van der Waals surface area contributed by atoms with Crippen LogP contribution in [0.4, 0.5) is 0 Å². The van der Waals surface area contributed by atoms with Crippen LogP contribution in [-0.2, 0) is 38.1 Å². The smallest absolute Gasteiger partial charge is 0.320 e. The van der Waals surface area contributed by atoms with Crippen molar-refractivity contribution in [3.8, 4) is 0 Å². The van der Waals surface area contributed by atoms with Crippen molar-refractivity contribution in [3.63, 3.8) is 0 Å². The van der Waals surface area contributed by atoms with E-state index in [1.807, 2.05) is 0 Å². The predicted octanol–water partition coefficient (Wildman–Crippen LogP) is 1.72. The molecular weight excluding hydrogens is 538 g/mol. The van der Waals surface area contributed by atoms with Gasteiger partial charge in [-0.15, -0.1) is 0 Å². The molecular formula is C28H53N3O10. The average Bonchev–Trinajstić information content (AvgIpc) is 2.93. The van der Waals surface area contributed by atoms with Crippen molar-refractivity contribution >= 4 is 23.8 Å². The number of nitrogens with one attached hydrogen (secondary N) is 3. The summed E-state index contributed by atoms with van der Waals surface area (Å²) in [6, 6.07) is -0.553. The first kappa shape index (κ1) is 38.7. The van der Waals surface area contributed by atoms with Crippen LogP contribution in [0.25, 0.3) is 0 Å². The van der Waals surface area contributed by atoms with Crippen LogP contribution in [0.5, 0.6) is 0 Å². The second-order valence-electron chi connectivity index (χ2n) is 9.59. The predicted molar refractivity (Wildman–Crippen MR) is 153 cm³/mol. The van der Waals surface area contributed by atoms with Gasteiger partial charge in [-0.2, -0.15) is 0 Å². The Morgan fingerprint density at radius 2 is 1.05 bits per heavy atom. The summed E-state index contributed by atoms with van der Waals surface area (Å²) in [7, 11) is 1.62. The second kappa shape index (κ2) is 29.2. The Bertz CT molecular complexity index is 682. The lowest BCUT2D eigenvalue weighted by Crippen LogP contribution is -2.34. The number of hydrogen-bond acceptors (Lipinski definition) is 9. The molecule has 0 fully saturated rings. The van der Waals surface area contributed by atoms with Crippen molar-refractivity contribution in [3.05, 3.63) is 0 Å². The van der Waals surface area contributed by atoms with E-state index in [1.54, 1.807) is 7.05 Å². The fourth-order valence-corrected chi connectivity index (χ4v) is 3.73. The lowest BCUT2D eigenvalue weighted by Gasteiger charge is -2.11. The van der Waals surface area contributed by atoms with Gasteiger partial charge in [0.1, 0.15) is 6.04 Å². The van der Waals surface area contributed by atoms with Crippen LogP contribution in [0.15, 0.2) is 0 Å².